The standard InChI is InChI=1S/C7H9O/c1-3-4-7(2)5-6-8/h1,7H,4-5H2,2H3. The molecule has 1 nitrogen and oxygen atoms in total. The van der Waals surface area contributed by atoms with E-state index in [-0.39, 0.29) is 0 Å². The summed E-state index contributed by atoms with van der Waals surface area (Å²) in [6.45, 7) is 1.94. The second-order valence-electron chi connectivity index (χ2n) is 1.86. The molecule has 1 heteroatoms. The van der Waals surface area contributed by atoms with Crippen molar-refractivity contribution in [3.05, 3.63) is 0 Å². The van der Waals surface area contributed by atoms with Gasteiger partial charge in [0.25, 0.3) is 0 Å². The van der Waals surface area contributed by atoms with Crippen LogP contribution in [0.2, 0.25) is 0 Å². The van der Waals surface area contributed by atoms with Crippen LogP contribution in [0, 0.1) is 18.3 Å². The Morgan fingerprint density at radius 1 is 1.62 bits per heavy atom. The predicted octanol–water partition coefficient (Wildman–Crippen LogP) is 1.15. The first-order valence-electron chi connectivity index (χ1n) is 2.59. The van der Waals surface area contributed by atoms with Crippen molar-refractivity contribution >= 4 is 6.29 Å². The number of hydrogen-bond donors (Lipinski definition) is 0. The van der Waals surface area contributed by atoms with Crippen molar-refractivity contribution in [3.8, 4) is 12.3 Å². The molecule has 0 N–H and O–H groups in total. The quantitative estimate of drug-likeness (QED) is 0.497. The van der Waals surface area contributed by atoms with Crippen LogP contribution in [0.25, 0.3) is 0 Å². The summed E-state index contributed by atoms with van der Waals surface area (Å²) >= 11 is 0. The molecular formula is C7H9O. The first-order valence-corrected chi connectivity index (χ1v) is 2.59. The third-order valence-electron chi connectivity index (χ3n) is 0.898. The zero-order chi connectivity index (χ0) is 6.41. The third-order valence-corrected chi connectivity index (χ3v) is 0.898. The lowest BCUT2D eigenvalue weighted by molar-refractivity contribution is 0.527. The molecule has 0 rings (SSSR count). The Morgan fingerprint density at radius 2 is 2.25 bits per heavy atom. The average molecular weight is 109 g/mol. The zero-order valence-corrected chi connectivity index (χ0v) is 4.98. The summed E-state index contributed by atoms with van der Waals surface area (Å²) in [5.41, 5.74) is 0. The molecule has 0 amide bonds. The molecule has 1 atom stereocenters. The summed E-state index contributed by atoms with van der Waals surface area (Å²) in [5.74, 6) is 2.78. The molecule has 0 aliphatic heterocycles. The summed E-state index contributed by atoms with van der Waals surface area (Å²) < 4.78 is 0. The Hall–Kier alpha value is -0.770. The van der Waals surface area contributed by atoms with E-state index in [0.29, 0.717) is 18.8 Å². The van der Waals surface area contributed by atoms with Crippen LogP contribution in [-0.2, 0) is 4.79 Å². The molecule has 0 saturated heterocycles. The third kappa shape index (κ3) is 3.42. The van der Waals surface area contributed by atoms with E-state index in [4.69, 9.17) is 6.42 Å². The van der Waals surface area contributed by atoms with Crippen LogP contribution in [0.1, 0.15) is 19.8 Å². The molecule has 0 aromatic heterocycles. The van der Waals surface area contributed by atoms with E-state index in [1.165, 1.54) is 0 Å². The minimum Gasteiger partial charge on any atom is -0.291 e. The Balaban J connectivity index is 3.20. The van der Waals surface area contributed by atoms with Gasteiger partial charge in [0.05, 0.1) is 0 Å². The normalized spacial score (nSPS) is 12.0. The highest BCUT2D eigenvalue weighted by Gasteiger charge is 1.96. The largest absolute Gasteiger partial charge is 0.291 e. The van der Waals surface area contributed by atoms with Crippen molar-refractivity contribution in [2.75, 3.05) is 0 Å². The topological polar surface area (TPSA) is 17.1 Å². The SMILES string of the molecule is C#CCC(C)C[C]=O. The van der Waals surface area contributed by atoms with Gasteiger partial charge in [0.1, 0.15) is 0 Å². The molecule has 43 valence electrons. The van der Waals surface area contributed by atoms with Crippen LogP contribution < -0.4 is 0 Å². The molecule has 0 aliphatic carbocycles. The van der Waals surface area contributed by atoms with Gasteiger partial charge >= 0.3 is 0 Å². The van der Waals surface area contributed by atoms with E-state index in [9.17, 15) is 4.79 Å². The molecule has 0 bridgehead atoms. The van der Waals surface area contributed by atoms with Gasteiger partial charge in [0, 0.05) is 12.8 Å². The van der Waals surface area contributed by atoms with E-state index < -0.39 is 0 Å². The van der Waals surface area contributed by atoms with Crippen molar-refractivity contribution in [2.45, 2.75) is 19.8 Å². The van der Waals surface area contributed by atoms with Crippen molar-refractivity contribution in [2.24, 2.45) is 5.92 Å². The molecule has 0 heterocycles. The highest BCUT2D eigenvalue weighted by Crippen LogP contribution is 2.02. The van der Waals surface area contributed by atoms with Gasteiger partial charge in [-0.05, 0) is 5.92 Å². The highest BCUT2D eigenvalue weighted by molar-refractivity contribution is 5.50. The molecule has 8 heavy (non-hydrogen) atoms. The van der Waals surface area contributed by atoms with Crippen LogP contribution in [0.5, 0.6) is 0 Å². The van der Waals surface area contributed by atoms with E-state index in [2.05, 4.69) is 5.92 Å². The molecular weight excluding hydrogens is 100 g/mol. The molecule has 0 aromatic carbocycles. The molecule has 0 spiro atoms. The molecule has 1 radical (unpaired) electrons. The maximum atomic E-state index is 9.70. The Morgan fingerprint density at radius 3 is 2.62 bits per heavy atom. The lowest BCUT2D eigenvalue weighted by Crippen LogP contribution is -1.91. The van der Waals surface area contributed by atoms with Gasteiger partial charge in [-0.25, -0.2) is 0 Å². The van der Waals surface area contributed by atoms with Crippen LogP contribution in [0.4, 0.5) is 0 Å². The fourth-order valence-corrected chi connectivity index (χ4v) is 0.416. The fraction of sp³-hybridized carbons (Fsp3) is 0.571. The highest BCUT2D eigenvalue weighted by atomic mass is 16.1. The van der Waals surface area contributed by atoms with E-state index in [1.54, 1.807) is 6.29 Å². The molecule has 0 saturated carbocycles. The summed E-state index contributed by atoms with van der Waals surface area (Å²) in [5, 5.41) is 0. The Kier molecular flexibility index (Phi) is 3.97. The van der Waals surface area contributed by atoms with E-state index in [1.807, 2.05) is 6.92 Å². The first-order chi connectivity index (χ1) is 3.81. The van der Waals surface area contributed by atoms with Crippen molar-refractivity contribution in [3.63, 3.8) is 0 Å². The molecule has 0 aliphatic rings. The number of hydrogen-bond acceptors (Lipinski definition) is 1. The van der Waals surface area contributed by atoms with E-state index in [0.717, 1.165) is 0 Å². The number of carbonyl (C=O) groups excluding carboxylic acids is 1. The van der Waals surface area contributed by atoms with Crippen molar-refractivity contribution in [1.82, 2.24) is 0 Å². The molecule has 0 aromatic rings. The van der Waals surface area contributed by atoms with Crippen molar-refractivity contribution < 1.29 is 4.79 Å². The second-order valence-corrected chi connectivity index (χ2v) is 1.86. The lowest BCUT2D eigenvalue weighted by Gasteiger charge is -1.96. The average Bonchev–Trinajstić information content (AvgIpc) is 1.68. The second kappa shape index (κ2) is 4.39. The fourth-order valence-electron chi connectivity index (χ4n) is 0.416. The van der Waals surface area contributed by atoms with Crippen LogP contribution in [-0.4, -0.2) is 6.29 Å². The van der Waals surface area contributed by atoms with Crippen LogP contribution in [0.3, 0.4) is 0 Å². The monoisotopic (exact) mass is 109 g/mol. The summed E-state index contributed by atoms with van der Waals surface area (Å²) in [4.78, 5) is 9.70. The first kappa shape index (κ1) is 7.23. The minimum atomic E-state index is 0.303. The van der Waals surface area contributed by atoms with Gasteiger partial charge in [-0.1, -0.05) is 6.92 Å². The van der Waals surface area contributed by atoms with Crippen LogP contribution >= 0.6 is 0 Å². The van der Waals surface area contributed by atoms with Gasteiger partial charge in [-0.2, -0.15) is 0 Å². The number of terminal acetylenes is 1. The van der Waals surface area contributed by atoms with Crippen LogP contribution in [0.15, 0.2) is 0 Å². The zero-order valence-electron chi connectivity index (χ0n) is 4.98. The predicted molar refractivity (Wildman–Crippen MR) is 32.9 cm³/mol. The van der Waals surface area contributed by atoms with Gasteiger partial charge < -0.3 is 0 Å². The maximum absolute atomic E-state index is 9.70. The summed E-state index contributed by atoms with van der Waals surface area (Å²) in [6.07, 6.45) is 7.92. The molecule has 1 unspecified atom stereocenters. The lowest BCUT2D eigenvalue weighted by atomic mass is 10.1. The summed E-state index contributed by atoms with van der Waals surface area (Å²) in [6, 6.07) is 0. The van der Waals surface area contributed by atoms with Gasteiger partial charge in [-0.3, -0.25) is 4.79 Å². The van der Waals surface area contributed by atoms with Gasteiger partial charge in [-0.15, -0.1) is 12.3 Å². The smallest absolute Gasteiger partial charge is 0.198 e. The summed E-state index contributed by atoms with van der Waals surface area (Å²) in [7, 11) is 0. The van der Waals surface area contributed by atoms with Crippen molar-refractivity contribution in [1.29, 1.82) is 0 Å². The minimum absolute atomic E-state index is 0.303. The Bertz CT molecular complexity index is 99.4. The maximum Gasteiger partial charge on any atom is 0.198 e. The molecule has 0 fully saturated rings. The van der Waals surface area contributed by atoms with Gasteiger partial charge in [0.2, 0.25) is 0 Å². The Labute approximate surface area is 50.1 Å². The van der Waals surface area contributed by atoms with Gasteiger partial charge in [0.15, 0.2) is 6.29 Å². The number of rotatable bonds is 3. The van der Waals surface area contributed by atoms with E-state index >= 15 is 0 Å².